The molecule has 160 valence electrons. The number of alkyl halides is 3. The Kier molecular flexibility index (Phi) is 8.51. The Bertz CT molecular complexity index is 943. The number of nitrogens with one attached hydrogen (secondary N) is 1. The average Bonchev–Trinajstić information content (AvgIpc) is 3.16. The fourth-order valence-electron chi connectivity index (χ4n) is 2.57. The van der Waals surface area contributed by atoms with Crippen molar-refractivity contribution in [2.45, 2.75) is 19.3 Å². The van der Waals surface area contributed by atoms with Gasteiger partial charge in [0.15, 0.2) is 5.96 Å². The lowest BCUT2D eigenvalue weighted by molar-refractivity contribution is -0.274. The van der Waals surface area contributed by atoms with Crippen molar-refractivity contribution in [1.82, 2.24) is 15.1 Å². The number of hydrogen-bond acceptors (Lipinski definition) is 3. The molecule has 0 saturated carbocycles. The Morgan fingerprint density at radius 3 is 2.43 bits per heavy atom. The van der Waals surface area contributed by atoms with Gasteiger partial charge in [-0.1, -0.05) is 30.3 Å². The normalized spacial score (nSPS) is 11.6. The number of halogens is 4. The van der Waals surface area contributed by atoms with Gasteiger partial charge >= 0.3 is 6.36 Å². The van der Waals surface area contributed by atoms with Crippen LogP contribution in [0.4, 0.5) is 13.2 Å². The zero-order chi connectivity index (χ0) is 20.7. The minimum absolute atomic E-state index is 0. The summed E-state index contributed by atoms with van der Waals surface area (Å²) in [6.07, 6.45) is -0.236. The highest BCUT2D eigenvalue weighted by molar-refractivity contribution is 14.0. The van der Waals surface area contributed by atoms with E-state index in [2.05, 4.69) is 20.1 Å². The molecule has 0 aliphatic rings. The molecule has 0 aliphatic carbocycles. The molecule has 0 bridgehead atoms. The molecule has 1 heterocycles. The first-order chi connectivity index (χ1) is 13.9. The van der Waals surface area contributed by atoms with Crippen molar-refractivity contribution in [2.75, 3.05) is 6.54 Å². The van der Waals surface area contributed by atoms with Crippen molar-refractivity contribution in [1.29, 1.82) is 0 Å². The van der Waals surface area contributed by atoms with Gasteiger partial charge in [-0.25, -0.2) is 9.67 Å². The lowest BCUT2D eigenvalue weighted by Gasteiger charge is -2.09. The van der Waals surface area contributed by atoms with E-state index in [0.29, 0.717) is 18.5 Å². The zero-order valence-electron chi connectivity index (χ0n) is 15.8. The van der Waals surface area contributed by atoms with Gasteiger partial charge in [-0.15, -0.1) is 37.1 Å². The van der Waals surface area contributed by atoms with E-state index in [-0.39, 0.29) is 42.2 Å². The predicted octanol–water partition coefficient (Wildman–Crippen LogP) is 4.04. The Labute approximate surface area is 189 Å². The van der Waals surface area contributed by atoms with E-state index in [1.54, 1.807) is 10.9 Å². The molecule has 0 amide bonds. The van der Waals surface area contributed by atoms with Gasteiger partial charge in [0.05, 0.1) is 18.4 Å². The predicted molar refractivity (Wildman–Crippen MR) is 119 cm³/mol. The van der Waals surface area contributed by atoms with Gasteiger partial charge in [-0.2, -0.15) is 5.10 Å². The highest BCUT2D eigenvalue weighted by Gasteiger charge is 2.30. The summed E-state index contributed by atoms with van der Waals surface area (Å²) in [5.74, 6) is -0.0107. The molecule has 0 aliphatic heterocycles. The molecule has 3 N–H and O–H groups in total. The summed E-state index contributed by atoms with van der Waals surface area (Å²) in [4.78, 5) is 4.18. The first-order valence-corrected chi connectivity index (χ1v) is 8.86. The van der Waals surface area contributed by atoms with E-state index in [9.17, 15) is 13.2 Å². The fourth-order valence-corrected chi connectivity index (χ4v) is 2.57. The topological polar surface area (TPSA) is 77.5 Å². The Balaban J connectivity index is 0.00000320. The van der Waals surface area contributed by atoms with Crippen molar-refractivity contribution in [3.05, 3.63) is 78.1 Å². The van der Waals surface area contributed by atoms with Gasteiger partial charge < -0.3 is 15.8 Å². The number of guanidine groups is 1. The molecule has 6 nitrogen and oxygen atoms in total. The molecule has 0 spiro atoms. The maximum absolute atomic E-state index is 12.2. The van der Waals surface area contributed by atoms with Gasteiger partial charge in [0.1, 0.15) is 5.75 Å². The summed E-state index contributed by atoms with van der Waals surface area (Å²) in [6.45, 7) is 0.825. The molecule has 2 aromatic carbocycles. The Morgan fingerprint density at radius 1 is 1.07 bits per heavy atom. The Hall–Kier alpha value is -2.76. The van der Waals surface area contributed by atoms with Crippen LogP contribution in [0, 0.1) is 0 Å². The third-order valence-corrected chi connectivity index (χ3v) is 3.97. The average molecular weight is 531 g/mol. The van der Waals surface area contributed by atoms with Crippen LogP contribution in [0.3, 0.4) is 0 Å². The second-order valence-corrected chi connectivity index (χ2v) is 6.20. The minimum atomic E-state index is -4.70. The number of benzene rings is 2. The number of aliphatic imine (C=N–C) groups is 1. The molecule has 0 atom stereocenters. The van der Waals surface area contributed by atoms with Crippen molar-refractivity contribution in [3.8, 4) is 11.4 Å². The number of rotatable bonds is 7. The van der Waals surface area contributed by atoms with E-state index in [1.807, 2.05) is 36.5 Å². The van der Waals surface area contributed by atoms with E-state index >= 15 is 0 Å². The van der Waals surface area contributed by atoms with Crippen LogP contribution in [0.2, 0.25) is 0 Å². The van der Waals surface area contributed by atoms with Crippen LogP contribution in [0.5, 0.6) is 5.75 Å². The van der Waals surface area contributed by atoms with Crippen molar-refractivity contribution < 1.29 is 17.9 Å². The van der Waals surface area contributed by atoms with Crippen LogP contribution in [-0.4, -0.2) is 28.6 Å². The van der Waals surface area contributed by atoms with Crippen LogP contribution in [0.1, 0.15) is 11.1 Å². The lowest BCUT2D eigenvalue weighted by atomic mass is 10.2. The van der Waals surface area contributed by atoms with Gasteiger partial charge in [-0.3, -0.25) is 0 Å². The highest BCUT2D eigenvalue weighted by Crippen LogP contribution is 2.22. The second kappa shape index (κ2) is 10.9. The fraction of sp³-hybridized carbons (Fsp3) is 0.200. The molecular formula is C20H21F3IN5O. The number of aromatic nitrogens is 2. The maximum atomic E-state index is 12.2. The smallest absolute Gasteiger partial charge is 0.406 e. The molecule has 1 aromatic heterocycles. The molecule has 3 rings (SSSR count). The largest absolute Gasteiger partial charge is 0.573 e. The summed E-state index contributed by atoms with van der Waals surface area (Å²) in [5.41, 5.74) is 8.59. The number of nitrogens with two attached hydrogens (primary N) is 1. The van der Waals surface area contributed by atoms with Gasteiger partial charge in [0.25, 0.3) is 0 Å². The molecule has 0 fully saturated rings. The van der Waals surface area contributed by atoms with Gasteiger partial charge in [-0.05, 0) is 41.8 Å². The third kappa shape index (κ3) is 7.58. The summed E-state index contributed by atoms with van der Waals surface area (Å²) in [7, 11) is 0. The van der Waals surface area contributed by atoms with E-state index < -0.39 is 6.36 Å². The monoisotopic (exact) mass is 531 g/mol. The van der Waals surface area contributed by atoms with E-state index in [0.717, 1.165) is 11.3 Å². The SMILES string of the molecule is I.NC(=NCc1ccc(OC(F)(F)F)cc1)NCCc1cnn(-c2ccccc2)c1. The molecule has 10 heteroatoms. The number of hydrogen-bond donors (Lipinski definition) is 2. The summed E-state index contributed by atoms with van der Waals surface area (Å²) in [6, 6.07) is 15.3. The highest BCUT2D eigenvalue weighted by atomic mass is 127. The van der Waals surface area contributed by atoms with Crippen LogP contribution in [-0.2, 0) is 13.0 Å². The number of para-hydroxylation sites is 1. The quantitative estimate of drug-likeness (QED) is 0.274. The van der Waals surface area contributed by atoms with Crippen molar-refractivity contribution in [3.63, 3.8) is 0 Å². The summed E-state index contributed by atoms with van der Waals surface area (Å²) < 4.78 is 42.1. The van der Waals surface area contributed by atoms with Crippen LogP contribution in [0.15, 0.2) is 72.0 Å². The number of ether oxygens (including phenoxy) is 1. The second-order valence-electron chi connectivity index (χ2n) is 6.20. The first kappa shape index (κ1) is 23.5. The van der Waals surface area contributed by atoms with Crippen molar-refractivity contribution >= 4 is 29.9 Å². The van der Waals surface area contributed by atoms with E-state index in [4.69, 9.17) is 5.73 Å². The van der Waals surface area contributed by atoms with E-state index in [1.165, 1.54) is 24.3 Å². The molecule has 30 heavy (non-hydrogen) atoms. The molecule has 3 aromatic rings. The molecular weight excluding hydrogens is 510 g/mol. The first-order valence-electron chi connectivity index (χ1n) is 8.86. The summed E-state index contributed by atoms with van der Waals surface area (Å²) >= 11 is 0. The maximum Gasteiger partial charge on any atom is 0.573 e. The van der Waals surface area contributed by atoms with Crippen molar-refractivity contribution in [2.24, 2.45) is 10.7 Å². The molecule has 0 saturated heterocycles. The zero-order valence-corrected chi connectivity index (χ0v) is 18.2. The van der Waals surface area contributed by atoms with Crippen LogP contribution in [0.25, 0.3) is 5.69 Å². The Morgan fingerprint density at radius 2 is 1.77 bits per heavy atom. The van der Waals surface area contributed by atoms with Crippen LogP contribution < -0.4 is 15.8 Å². The number of nitrogens with zero attached hydrogens (tertiary/aromatic N) is 3. The van der Waals surface area contributed by atoms with Gasteiger partial charge in [0, 0.05) is 12.7 Å². The molecule has 0 unspecified atom stereocenters. The standard InChI is InChI=1S/C20H20F3N5O.HI/c21-20(22,23)29-18-8-6-15(7-9-18)12-26-19(24)25-11-10-16-13-27-28(14-16)17-4-2-1-3-5-17;/h1-9,13-14H,10-12H2,(H3,24,25,26);1H. The lowest BCUT2D eigenvalue weighted by Crippen LogP contribution is -2.33. The minimum Gasteiger partial charge on any atom is -0.406 e. The van der Waals surface area contributed by atoms with Crippen LogP contribution >= 0.6 is 24.0 Å². The van der Waals surface area contributed by atoms with Gasteiger partial charge in [0.2, 0.25) is 0 Å². The third-order valence-electron chi connectivity index (χ3n) is 3.97. The summed E-state index contributed by atoms with van der Waals surface area (Å²) in [5, 5.41) is 7.35. The molecule has 0 radical (unpaired) electrons.